The van der Waals surface area contributed by atoms with Crippen molar-refractivity contribution in [3.8, 4) is 17.1 Å². The maximum atomic E-state index is 13.2. The number of para-hydroxylation sites is 2. The average Bonchev–Trinajstić information content (AvgIpc) is 3.40. The minimum atomic E-state index is -0.486. The Morgan fingerprint density at radius 3 is 2.39 bits per heavy atom. The van der Waals surface area contributed by atoms with Gasteiger partial charge in [0.1, 0.15) is 16.1 Å². The third-order valence-corrected chi connectivity index (χ3v) is 6.10. The van der Waals surface area contributed by atoms with Crippen LogP contribution in [0.2, 0.25) is 0 Å². The normalized spacial score (nSPS) is 14.6. The number of carbonyl (C=O) groups is 3. The van der Waals surface area contributed by atoms with Crippen LogP contribution >= 0.6 is 11.3 Å². The number of carbonyl (C=O) groups excluding carboxylic acids is 3. The van der Waals surface area contributed by atoms with Gasteiger partial charge in [0, 0.05) is 12.5 Å². The molecule has 3 heterocycles. The summed E-state index contributed by atoms with van der Waals surface area (Å²) in [5.74, 6) is -0.553. The molecule has 0 aliphatic carbocycles. The van der Waals surface area contributed by atoms with E-state index in [1.165, 1.54) is 18.7 Å². The van der Waals surface area contributed by atoms with Crippen molar-refractivity contribution >= 4 is 45.2 Å². The number of anilines is 1. The van der Waals surface area contributed by atoms with E-state index in [2.05, 4.69) is 10.1 Å². The van der Waals surface area contributed by atoms with Gasteiger partial charge in [-0.15, -0.1) is 5.10 Å². The fraction of sp³-hybridized carbons (Fsp3) is 0.130. The summed E-state index contributed by atoms with van der Waals surface area (Å²) in [6, 6.07) is 13.8. The van der Waals surface area contributed by atoms with E-state index in [1.807, 2.05) is 0 Å². The van der Waals surface area contributed by atoms with E-state index in [-0.39, 0.29) is 34.0 Å². The van der Waals surface area contributed by atoms with Gasteiger partial charge in [-0.25, -0.2) is 0 Å². The largest absolute Gasteiger partial charge is 0.426 e. The Hall–Kier alpha value is -4.18. The third-order valence-electron chi connectivity index (χ3n) is 5.07. The van der Waals surface area contributed by atoms with Gasteiger partial charge >= 0.3 is 5.97 Å². The molecule has 0 N–H and O–H groups in total. The molecular weight excluding hydrogens is 444 g/mol. The van der Waals surface area contributed by atoms with Crippen molar-refractivity contribution in [3.05, 3.63) is 69.0 Å². The Labute approximate surface area is 190 Å². The molecule has 0 saturated carbocycles. The minimum absolute atomic E-state index is 0.0780. The molecule has 10 heteroatoms. The second kappa shape index (κ2) is 7.75. The molecule has 4 aromatic rings. The maximum Gasteiger partial charge on any atom is 0.308 e. The van der Waals surface area contributed by atoms with E-state index in [0.717, 1.165) is 15.9 Å². The average molecular weight is 460 g/mol. The number of fused-ring (bicyclic) bond motifs is 2. The number of hydrogen-bond donors (Lipinski definition) is 0. The molecule has 1 aliphatic heterocycles. The van der Waals surface area contributed by atoms with Crippen molar-refractivity contribution in [3.63, 3.8) is 0 Å². The number of benzene rings is 2. The molecule has 0 unspecified atom stereocenters. The van der Waals surface area contributed by atoms with Crippen molar-refractivity contribution in [1.82, 2.24) is 14.6 Å². The van der Waals surface area contributed by atoms with Crippen LogP contribution in [0.25, 0.3) is 21.9 Å². The molecule has 0 spiro atoms. The van der Waals surface area contributed by atoms with E-state index in [1.54, 1.807) is 48.5 Å². The predicted molar refractivity (Wildman–Crippen MR) is 121 cm³/mol. The van der Waals surface area contributed by atoms with Crippen molar-refractivity contribution in [2.45, 2.75) is 13.8 Å². The van der Waals surface area contributed by atoms with Crippen LogP contribution in [0.4, 0.5) is 5.69 Å². The number of amides is 1. The second-order valence-corrected chi connectivity index (χ2v) is 8.42. The summed E-state index contributed by atoms with van der Waals surface area (Å²) in [7, 11) is 0. The molecule has 33 heavy (non-hydrogen) atoms. The van der Waals surface area contributed by atoms with Crippen molar-refractivity contribution in [2.75, 3.05) is 11.4 Å². The Morgan fingerprint density at radius 2 is 1.70 bits per heavy atom. The molecule has 0 radical (unpaired) electrons. The topological polar surface area (TPSA) is 111 Å². The van der Waals surface area contributed by atoms with Gasteiger partial charge in [0.15, 0.2) is 5.82 Å². The summed E-state index contributed by atoms with van der Waals surface area (Å²) in [6.45, 7) is 2.62. The van der Waals surface area contributed by atoms with Crippen molar-refractivity contribution < 1.29 is 19.1 Å². The Balaban J connectivity index is 1.68. The predicted octanol–water partition coefficient (Wildman–Crippen LogP) is 1.60. The van der Waals surface area contributed by atoms with Crippen LogP contribution in [0.3, 0.4) is 0 Å². The van der Waals surface area contributed by atoms with E-state index in [9.17, 15) is 19.2 Å². The maximum absolute atomic E-state index is 13.2. The smallest absolute Gasteiger partial charge is 0.308 e. The number of esters is 1. The number of nitrogens with zero attached hydrogens (tertiary/aromatic N) is 4. The van der Waals surface area contributed by atoms with E-state index in [0.29, 0.717) is 21.8 Å². The van der Waals surface area contributed by atoms with E-state index >= 15 is 0 Å². The van der Waals surface area contributed by atoms with Crippen LogP contribution in [-0.4, -0.2) is 38.8 Å². The highest BCUT2D eigenvalue weighted by molar-refractivity contribution is 7.15. The molecule has 2 aromatic carbocycles. The first kappa shape index (κ1) is 20.7. The molecule has 1 amide bonds. The quantitative estimate of drug-likeness (QED) is 0.336. The van der Waals surface area contributed by atoms with Crippen LogP contribution in [0.5, 0.6) is 5.75 Å². The first-order valence-corrected chi connectivity index (χ1v) is 10.8. The lowest BCUT2D eigenvalue weighted by molar-refractivity contribution is -0.131. The number of rotatable bonds is 4. The van der Waals surface area contributed by atoms with Crippen LogP contribution in [0.15, 0.2) is 53.3 Å². The molecular formula is C23H16N4O5S. The van der Waals surface area contributed by atoms with Gasteiger partial charge in [-0.3, -0.25) is 19.2 Å². The van der Waals surface area contributed by atoms with Gasteiger partial charge < -0.3 is 9.64 Å². The van der Waals surface area contributed by atoms with Crippen molar-refractivity contribution in [1.29, 1.82) is 0 Å². The summed E-state index contributed by atoms with van der Waals surface area (Å²) in [6.07, 6.45) is 0. The Bertz CT molecular complexity index is 1590. The molecule has 9 nitrogen and oxygen atoms in total. The SMILES string of the molecule is CC(=O)CN1C(=O)/C(=c2\sc3nc(-c4ccccc4OC(C)=O)nn3c2=O)c2ccccc21. The number of ketones is 1. The van der Waals surface area contributed by atoms with Crippen LogP contribution in [0.1, 0.15) is 19.4 Å². The fourth-order valence-corrected chi connectivity index (χ4v) is 4.77. The third kappa shape index (κ3) is 3.40. The standard InChI is InChI=1S/C23H16N4O5S/c1-12(28)11-26-16-9-5-3-7-14(16)18(21(26)30)19-22(31)27-23(33-19)24-20(25-27)15-8-4-6-10-17(15)32-13(2)29/h3-10H,11H2,1-2H3/b19-18-. The second-order valence-electron chi connectivity index (χ2n) is 7.44. The first-order chi connectivity index (χ1) is 15.8. The lowest BCUT2D eigenvalue weighted by atomic mass is 10.1. The van der Waals surface area contributed by atoms with Gasteiger partial charge in [0.25, 0.3) is 11.5 Å². The summed E-state index contributed by atoms with van der Waals surface area (Å²) >= 11 is 1.04. The highest BCUT2D eigenvalue weighted by atomic mass is 32.1. The zero-order chi connectivity index (χ0) is 23.3. The molecule has 164 valence electrons. The van der Waals surface area contributed by atoms with Gasteiger partial charge in [-0.2, -0.15) is 9.50 Å². The number of thiazole rings is 1. The summed E-state index contributed by atoms with van der Waals surface area (Å²) in [5.41, 5.74) is 1.39. The lowest BCUT2D eigenvalue weighted by Crippen LogP contribution is -2.34. The van der Waals surface area contributed by atoms with Gasteiger partial charge in [-0.1, -0.05) is 41.7 Å². The van der Waals surface area contributed by atoms with Crippen LogP contribution < -0.4 is 19.7 Å². The first-order valence-electron chi connectivity index (χ1n) is 9.97. The zero-order valence-electron chi connectivity index (χ0n) is 17.6. The van der Waals surface area contributed by atoms with Crippen LogP contribution in [-0.2, 0) is 14.4 Å². The number of aromatic nitrogens is 3. The van der Waals surface area contributed by atoms with E-state index in [4.69, 9.17) is 4.74 Å². The molecule has 0 bridgehead atoms. The van der Waals surface area contributed by atoms with Gasteiger partial charge in [-0.05, 0) is 25.1 Å². The van der Waals surface area contributed by atoms with E-state index < -0.39 is 17.4 Å². The zero-order valence-corrected chi connectivity index (χ0v) is 18.4. The molecule has 1 aliphatic rings. The number of Topliss-reactive ketones (excluding diaryl/α,β-unsaturated/α-hetero) is 1. The molecule has 5 rings (SSSR count). The number of ether oxygens (including phenoxy) is 1. The fourth-order valence-electron chi connectivity index (χ4n) is 3.77. The number of hydrogen-bond acceptors (Lipinski definition) is 8. The molecule has 2 aromatic heterocycles. The lowest BCUT2D eigenvalue weighted by Gasteiger charge is -2.14. The summed E-state index contributed by atoms with van der Waals surface area (Å²) in [4.78, 5) is 55.7. The molecule has 0 atom stereocenters. The summed E-state index contributed by atoms with van der Waals surface area (Å²) in [5, 5.41) is 4.31. The highest BCUT2D eigenvalue weighted by Gasteiger charge is 2.34. The molecule has 0 saturated heterocycles. The monoisotopic (exact) mass is 460 g/mol. The van der Waals surface area contributed by atoms with Crippen LogP contribution in [0, 0.1) is 0 Å². The summed E-state index contributed by atoms with van der Waals surface area (Å²) < 4.78 is 6.56. The Morgan fingerprint density at radius 1 is 1.00 bits per heavy atom. The van der Waals surface area contributed by atoms with Crippen molar-refractivity contribution in [2.24, 2.45) is 0 Å². The highest BCUT2D eigenvalue weighted by Crippen LogP contribution is 2.35. The Kier molecular flexibility index (Phi) is 4.86. The minimum Gasteiger partial charge on any atom is -0.426 e. The van der Waals surface area contributed by atoms with Gasteiger partial charge in [0.2, 0.25) is 4.96 Å². The molecule has 0 fully saturated rings. The van der Waals surface area contributed by atoms with Gasteiger partial charge in [0.05, 0.1) is 23.4 Å².